The number of hydrogen-bond acceptors (Lipinski definition) is 1. The van der Waals surface area contributed by atoms with Gasteiger partial charge in [-0.1, -0.05) is 6.08 Å². The highest BCUT2D eigenvalue weighted by molar-refractivity contribution is 5.73. The first-order valence-electron chi connectivity index (χ1n) is 3.84. The first-order chi connectivity index (χ1) is 6.66. The second-order valence-corrected chi connectivity index (χ2v) is 3.02. The van der Waals surface area contributed by atoms with Gasteiger partial charge in [-0.05, 0) is 0 Å². The van der Waals surface area contributed by atoms with Crippen molar-refractivity contribution in [3.05, 3.63) is 11.6 Å². The van der Waals surface area contributed by atoms with Crippen LogP contribution in [0.1, 0.15) is 0 Å². The number of alkyl halides is 5. The monoisotopic (exact) mass is 230 g/mol. The Morgan fingerprint density at radius 2 is 1.87 bits per heavy atom. The summed E-state index contributed by atoms with van der Waals surface area (Å²) in [5, 5.41) is 0. The zero-order valence-corrected chi connectivity index (χ0v) is 7.31. The second kappa shape index (κ2) is 3.35. The van der Waals surface area contributed by atoms with Crippen LogP contribution in [-0.2, 0) is 0 Å². The van der Waals surface area contributed by atoms with Crippen LogP contribution in [0, 0.1) is 0 Å². The molecule has 0 spiro atoms. The van der Waals surface area contributed by atoms with E-state index in [2.05, 4.69) is 0 Å². The van der Waals surface area contributed by atoms with E-state index >= 15 is 0 Å². The third-order valence-electron chi connectivity index (χ3n) is 1.99. The first kappa shape index (κ1) is 11.7. The van der Waals surface area contributed by atoms with E-state index in [-0.39, 0.29) is 6.54 Å². The Kier molecular flexibility index (Phi) is 2.62. The number of halogens is 5. The van der Waals surface area contributed by atoms with Gasteiger partial charge < -0.3 is 10.6 Å². The number of carbonyl (C=O) groups excluding carboxylic acids is 1. The smallest absolute Gasteiger partial charge is 0.351 e. The Bertz CT molecular complexity index is 309. The Morgan fingerprint density at radius 1 is 1.33 bits per heavy atom. The van der Waals surface area contributed by atoms with E-state index in [0.717, 1.165) is 0 Å². The molecule has 0 atom stereocenters. The summed E-state index contributed by atoms with van der Waals surface area (Å²) in [6.07, 6.45) is -4.98. The zero-order chi connectivity index (χ0) is 11.9. The van der Waals surface area contributed by atoms with Crippen molar-refractivity contribution in [1.82, 2.24) is 4.90 Å². The van der Waals surface area contributed by atoms with Gasteiger partial charge >= 0.3 is 18.1 Å². The summed E-state index contributed by atoms with van der Waals surface area (Å²) in [6.45, 7) is -1.11. The van der Waals surface area contributed by atoms with Crippen LogP contribution in [0.5, 0.6) is 0 Å². The highest BCUT2D eigenvalue weighted by Crippen LogP contribution is 2.42. The molecular formula is C7H7F5N2O. The summed E-state index contributed by atoms with van der Waals surface area (Å²) in [5.41, 5.74) is 3.60. The van der Waals surface area contributed by atoms with Gasteiger partial charge in [-0.3, -0.25) is 0 Å². The minimum Gasteiger partial charge on any atom is -0.351 e. The topological polar surface area (TPSA) is 46.3 Å². The molecule has 0 aromatic carbocycles. The molecule has 3 nitrogen and oxygen atoms in total. The first-order valence-corrected chi connectivity index (χ1v) is 3.84. The lowest BCUT2D eigenvalue weighted by Crippen LogP contribution is -2.41. The van der Waals surface area contributed by atoms with Crippen molar-refractivity contribution in [1.29, 1.82) is 0 Å². The molecule has 0 saturated heterocycles. The van der Waals surface area contributed by atoms with Crippen LogP contribution in [0.4, 0.5) is 26.7 Å². The van der Waals surface area contributed by atoms with Crippen LogP contribution in [0.3, 0.4) is 0 Å². The minimum atomic E-state index is -5.65. The minimum absolute atomic E-state index is 0.323. The fourth-order valence-electron chi connectivity index (χ4n) is 1.13. The van der Waals surface area contributed by atoms with Crippen molar-refractivity contribution in [3.63, 3.8) is 0 Å². The van der Waals surface area contributed by atoms with Crippen LogP contribution in [-0.4, -0.2) is 36.1 Å². The van der Waals surface area contributed by atoms with E-state index in [1.165, 1.54) is 0 Å². The van der Waals surface area contributed by atoms with Crippen LogP contribution in [0.15, 0.2) is 11.6 Å². The van der Waals surface area contributed by atoms with Crippen molar-refractivity contribution >= 4 is 6.03 Å². The molecule has 1 rings (SSSR count). The van der Waals surface area contributed by atoms with E-state index in [1.807, 2.05) is 0 Å². The lowest BCUT2D eigenvalue weighted by molar-refractivity contribution is -0.264. The Labute approximate surface area is 81.3 Å². The molecule has 1 aliphatic rings. The lowest BCUT2D eigenvalue weighted by Gasteiger charge is -2.21. The average Bonchev–Trinajstić information content (AvgIpc) is 2.49. The normalized spacial score (nSPS) is 17.9. The fourth-order valence-corrected chi connectivity index (χ4v) is 1.13. The second-order valence-electron chi connectivity index (χ2n) is 3.02. The molecule has 0 bridgehead atoms. The SMILES string of the molecule is NC(=O)N1CC=C(C(F)(F)C(F)(F)F)C1. The van der Waals surface area contributed by atoms with Crippen LogP contribution < -0.4 is 5.73 Å². The van der Waals surface area contributed by atoms with Crippen molar-refractivity contribution in [2.75, 3.05) is 13.1 Å². The van der Waals surface area contributed by atoms with Gasteiger partial charge in [0.2, 0.25) is 0 Å². The van der Waals surface area contributed by atoms with Gasteiger partial charge in [0.1, 0.15) is 0 Å². The van der Waals surface area contributed by atoms with E-state index < -0.39 is 30.2 Å². The highest BCUT2D eigenvalue weighted by Gasteiger charge is 2.60. The van der Waals surface area contributed by atoms with Crippen LogP contribution >= 0.6 is 0 Å². The number of rotatable bonds is 1. The Hall–Kier alpha value is -1.34. The molecule has 0 aromatic rings. The number of urea groups is 1. The molecule has 1 aliphatic heterocycles. The quantitative estimate of drug-likeness (QED) is 0.538. The summed E-state index contributed by atoms with van der Waals surface area (Å²) in [6, 6.07) is -1.03. The predicted octanol–water partition coefficient (Wildman–Crippen LogP) is 1.50. The molecule has 8 heteroatoms. The standard InChI is InChI=1S/C7H7F5N2O/c8-6(9,7(10,11)12)4-1-2-14(3-4)5(13)15/h1H,2-3H2,(H2,13,15). The van der Waals surface area contributed by atoms with Crippen molar-refractivity contribution in [3.8, 4) is 0 Å². The summed E-state index contributed by atoms with van der Waals surface area (Å²) >= 11 is 0. The molecule has 15 heavy (non-hydrogen) atoms. The van der Waals surface area contributed by atoms with E-state index in [0.29, 0.717) is 11.0 Å². The molecule has 2 amide bonds. The largest absolute Gasteiger partial charge is 0.457 e. The lowest BCUT2D eigenvalue weighted by atomic mass is 10.1. The van der Waals surface area contributed by atoms with Gasteiger partial charge in [0, 0.05) is 18.7 Å². The van der Waals surface area contributed by atoms with Gasteiger partial charge in [0.15, 0.2) is 0 Å². The summed E-state index contributed by atoms with van der Waals surface area (Å²) in [5.74, 6) is -4.91. The predicted molar refractivity (Wildman–Crippen MR) is 40.2 cm³/mol. The van der Waals surface area contributed by atoms with E-state index in [4.69, 9.17) is 5.73 Å². The van der Waals surface area contributed by atoms with Crippen molar-refractivity contribution in [2.45, 2.75) is 12.1 Å². The van der Waals surface area contributed by atoms with E-state index in [9.17, 15) is 26.7 Å². The van der Waals surface area contributed by atoms with Gasteiger partial charge in [-0.15, -0.1) is 0 Å². The highest BCUT2D eigenvalue weighted by atomic mass is 19.4. The summed E-state index contributed by atoms with van der Waals surface area (Å²) in [7, 11) is 0. The fraction of sp³-hybridized carbons (Fsp3) is 0.571. The molecule has 0 unspecified atom stereocenters. The Morgan fingerprint density at radius 3 is 2.20 bits per heavy atom. The molecule has 86 valence electrons. The van der Waals surface area contributed by atoms with Crippen molar-refractivity contribution < 1.29 is 26.7 Å². The van der Waals surface area contributed by atoms with Crippen LogP contribution in [0.2, 0.25) is 0 Å². The van der Waals surface area contributed by atoms with Crippen LogP contribution in [0.25, 0.3) is 0 Å². The van der Waals surface area contributed by atoms with Gasteiger partial charge in [0.25, 0.3) is 0 Å². The third-order valence-corrected chi connectivity index (χ3v) is 1.99. The van der Waals surface area contributed by atoms with Crippen molar-refractivity contribution in [2.24, 2.45) is 5.73 Å². The van der Waals surface area contributed by atoms with E-state index in [1.54, 1.807) is 0 Å². The maximum Gasteiger partial charge on any atom is 0.457 e. The molecular weight excluding hydrogens is 223 g/mol. The number of carbonyl (C=O) groups is 1. The number of amides is 2. The maximum atomic E-state index is 12.7. The molecule has 0 fully saturated rings. The summed E-state index contributed by atoms with van der Waals surface area (Å²) < 4.78 is 61.1. The van der Waals surface area contributed by atoms with Gasteiger partial charge in [0.05, 0.1) is 0 Å². The van der Waals surface area contributed by atoms with Gasteiger partial charge in [-0.25, -0.2) is 4.79 Å². The molecule has 2 N–H and O–H groups in total. The van der Waals surface area contributed by atoms with Gasteiger partial charge in [-0.2, -0.15) is 22.0 Å². The number of nitrogens with two attached hydrogens (primary N) is 1. The third kappa shape index (κ3) is 2.02. The Balaban J connectivity index is 2.81. The number of hydrogen-bond donors (Lipinski definition) is 1. The maximum absolute atomic E-state index is 12.7. The molecule has 0 aromatic heterocycles. The zero-order valence-electron chi connectivity index (χ0n) is 7.31. The number of nitrogens with zero attached hydrogens (tertiary/aromatic N) is 1. The molecule has 1 heterocycles. The average molecular weight is 230 g/mol. The summed E-state index contributed by atoms with van der Waals surface area (Å²) in [4.78, 5) is 11.2. The molecule has 0 saturated carbocycles. The molecule has 0 aliphatic carbocycles. The molecule has 0 radical (unpaired) electrons. The number of primary amides is 1.